The maximum absolute atomic E-state index is 9.47. The molecule has 0 fully saturated rings. The fourth-order valence-electron chi connectivity index (χ4n) is 1.16. The second kappa shape index (κ2) is 7.23. The molecular formula is C9H19BO4. The first kappa shape index (κ1) is 13.9. The Morgan fingerprint density at radius 2 is 1.64 bits per heavy atom. The van der Waals surface area contributed by atoms with Crippen LogP contribution in [0.4, 0.5) is 0 Å². The van der Waals surface area contributed by atoms with Crippen LogP contribution in [0.15, 0.2) is 0 Å². The van der Waals surface area contributed by atoms with Gasteiger partial charge in [-0.1, -0.05) is 6.92 Å². The van der Waals surface area contributed by atoms with Crippen molar-refractivity contribution in [1.29, 1.82) is 0 Å². The molecule has 0 aliphatic heterocycles. The number of hydrogen-bond donors (Lipinski definition) is 3. The summed E-state index contributed by atoms with van der Waals surface area (Å²) >= 11 is 0. The van der Waals surface area contributed by atoms with Crippen LogP contribution in [0, 0.1) is 0 Å². The average molecular weight is 202 g/mol. The van der Waals surface area contributed by atoms with Gasteiger partial charge in [-0.25, -0.2) is 0 Å². The molecule has 82 valence electrons. The fraction of sp³-hybridized carbons (Fsp3) is 1.00. The molecule has 0 saturated carbocycles. The van der Waals surface area contributed by atoms with Crippen molar-refractivity contribution in [1.82, 2.24) is 0 Å². The van der Waals surface area contributed by atoms with Gasteiger partial charge in [0.25, 0.3) is 8.05 Å². The van der Waals surface area contributed by atoms with Gasteiger partial charge in [0.15, 0.2) is 0 Å². The van der Waals surface area contributed by atoms with Crippen molar-refractivity contribution < 1.29 is 20.0 Å². The molecule has 5 heteroatoms. The first-order valence-corrected chi connectivity index (χ1v) is 4.91. The summed E-state index contributed by atoms with van der Waals surface area (Å²) in [5, 5.41) is 28.2. The summed E-state index contributed by atoms with van der Waals surface area (Å²) in [6.07, 6.45) is -1.72. The molecule has 4 atom stereocenters. The van der Waals surface area contributed by atoms with Gasteiger partial charge in [0.05, 0.1) is 18.3 Å². The van der Waals surface area contributed by atoms with E-state index < -0.39 is 18.3 Å². The molecule has 0 spiro atoms. The Bertz CT molecular complexity index is 129. The number of aliphatic hydroxyl groups is 3. The third-order valence-electron chi connectivity index (χ3n) is 2.23. The van der Waals surface area contributed by atoms with Crippen LogP contribution in [0.2, 0.25) is 0 Å². The maximum atomic E-state index is 9.47. The first-order valence-electron chi connectivity index (χ1n) is 4.91. The van der Waals surface area contributed by atoms with Crippen molar-refractivity contribution >= 4 is 8.05 Å². The molecule has 4 unspecified atom stereocenters. The van der Waals surface area contributed by atoms with Crippen LogP contribution in [0.3, 0.4) is 0 Å². The molecule has 0 aromatic heterocycles. The SMILES string of the molecule is [B]OC(C)CC(O)C(O)CC(O)CC. The fourth-order valence-corrected chi connectivity index (χ4v) is 1.16. The standard InChI is InChI=1S/C9H19BO4/c1-3-7(11)5-9(13)8(12)4-6(2)14-10/h6-9,11-13H,3-5H2,1-2H3. The van der Waals surface area contributed by atoms with Gasteiger partial charge in [0.1, 0.15) is 0 Å². The summed E-state index contributed by atoms with van der Waals surface area (Å²) < 4.78 is 4.47. The molecule has 0 amide bonds. The predicted octanol–water partition coefficient (Wildman–Crippen LogP) is -0.252. The second-order valence-corrected chi connectivity index (χ2v) is 3.61. The van der Waals surface area contributed by atoms with Gasteiger partial charge >= 0.3 is 0 Å². The van der Waals surface area contributed by atoms with E-state index in [1.807, 2.05) is 6.92 Å². The number of rotatable bonds is 7. The maximum Gasteiger partial charge on any atom is 0.282 e. The van der Waals surface area contributed by atoms with Gasteiger partial charge in [0.2, 0.25) is 0 Å². The highest BCUT2D eigenvalue weighted by molar-refractivity contribution is 5.98. The van der Waals surface area contributed by atoms with Crippen LogP contribution in [0.1, 0.15) is 33.1 Å². The van der Waals surface area contributed by atoms with E-state index in [0.717, 1.165) is 0 Å². The molecule has 0 heterocycles. The van der Waals surface area contributed by atoms with Crippen LogP contribution < -0.4 is 0 Å². The van der Waals surface area contributed by atoms with Crippen molar-refractivity contribution in [3.63, 3.8) is 0 Å². The zero-order valence-corrected chi connectivity index (χ0v) is 8.76. The van der Waals surface area contributed by atoms with Crippen molar-refractivity contribution in [3.05, 3.63) is 0 Å². The molecule has 0 saturated heterocycles. The Labute approximate surface area is 86.3 Å². The highest BCUT2D eigenvalue weighted by Crippen LogP contribution is 2.11. The molecule has 2 radical (unpaired) electrons. The summed E-state index contributed by atoms with van der Waals surface area (Å²) in [5.41, 5.74) is 0. The van der Waals surface area contributed by atoms with Crippen molar-refractivity contribution in [2.24, 2.45) is 0 Å². The van der Waals surface area contributed by atoms with Crippen LogP contribution >= 0.6 is 0 Å². The molecule has 3 N–H and O–H groups in total. The van der Waals surface area contributed by atoms with Gasteiger partial charge in [-0.3, -0.25) is 0 Å². The molecule has 0 aromatic rings. The van der Waals surface area contributed by atoms with Crippen LogP contribution in [-0.4, -0.2) is 47.8 Å². The smallest absolute Gasteiger partial charge is 0.282 e. The van der Waals surface area contributed by atoms with E-state index in [1.54, 1.807) is 6.92 Å². The lowest BCUT2D eigenvalue weighted by Gasteiger charge is -2.22. The Morgan fingerprint density at radius 1 is 1.14 bits per heavy atom. The highest BCUT2D eigenvalue weighted by Gasteiger charge is 2.20. The minimum absolute atomic E-state index is 0.176. The molecular weight excluding hydrogens is 183 g/mol. The van der Waals surface area contributed by atoms with E-state index in [-0.39, 0.29) is 18.9 Å². The topological polar surface area (TPSA) is 69.9 Å². The van der Waals surface area contributed by atoms with Crippen molar-refractivity contribution in [3.8, 4) is 0 Å². The lowest BCUT2D eigenvalue weighted by atomic mass is 10.0. The van der Waals surface area contributed by atoms with E-state index in [1.165, 1.54) is 0 Å². The Morgan fingerprint density at radius 3 is 2.07 bits per heavy atom. The molecule has 0 aromatic carbocycles. The van der Waals surface area contributed by atoms with Crippen LogP contribution in [0.25, 0.3) is 0 Å². The second-order valence-electron chi connectivity index (χ2n) is 3.61. The van der Waals surface area contributed by atoms with Gasteiger partial charge in [-0.2, -0.15) is 0 Å². The third kappa shape index (κ3) is 5.60. The average Bonchev–Trinajstić information content (AvgIpc) is 2.17. The predicted molar refractivity (Wildman–Crippen MR) is 53.8 cm³/mol. The molecule has 0 rings (SSSR count). The summed E-state index contributed by atoms with van der Waals surface area (Å²) in [4.78, 5) is 0. The summed E-state index contributed by atoms with van der Waals surface area (Å²) in [5.74, 6) is 0. The Balaban J connectivity index is 3.80. The number of hydrogen-bond acceptors (Lipinski definition) is 4. The lowest BCUT2D eigenvalue weighted by Crippen LogP contribution is -2.32. The zero-order chi connectivity index (χ0) is 11.1. The van der Waals surface area contributed by atoms with E-state index in [4.69, 9.17) is 8.05 Å². The molecule has 0 aliphatic carbocycles. The quantitative estimate of drug-likeness (QED) is 0.498. The minimum atomic E-state index is -0.928. The van der Waals surface area contributed by atoms with Gasteiger partial charge in [0, 0.05) is 18.9 Å². The highest BCUT2D eigenvalue weighted by atomic mass is 16.4. The summed E-state index contributed by atoms with van der Waals surface area (Å²) in [6.45, 7) is 3.52. The minimum Gasteiger partial charge on any atom is -0.445 e. The lowest BCUT2D eigenvalue weighted by molar-refractivity contribution is -0.0286. The molecule has 4 nitrogen and oxygen atoms in total. The molecule has 0 aliphatic rings. The van der Waals surface area contributed by atoms with Crippen LogP contribution in [0.5, 0.6) is 0 Å². The molecule has 14 heavy (non-hydrogen) atoms. The third-order valence-corrected chi connectivity index (χ3v) is 2.23. The van der Waals surface area contributed by atoms with E-state index in [2.05, 4.69) is 4.65 Å². The van der Waals surface area contributed by atoms with Gasteiger partial charge < -0.3 is 20.0 Å². The largest absolute Gasteiger partial charge is 0.445 e. The summed E-state index contributed by atoms with van der Waals surface area (Å²) in [6, 6.07) is 0. The van der Waals surface area contributed by atoms with E-state index >= 15 is 0 Å². The van der Waals surface area contributed by atoms with Gasteiger partial charge in [-0.05, 0) is 13.3 Å². The monoisotopic (exact) mass is 202 g/mol. The van der Waals surface area contributed by atoms with Crippen molar-refractivity contribution in [2.75, 3.05) is 0 Å². The zero-order valence-electron chi connectivity index (χ0n) is 8.76. The van der Waals surface area contributed by atoms with E-state index in [0.29, 0.717) is 6.42 Å². The van der Waals surface area contributed by atoms with E-state index in [9.17, 15) is 15.3 Å². The normalized spacial score (nSPS) is 20.1. The first-order chi connectivity index (χ1) is 6.51. The van der Waals surface area contributed by atoms with Crippen LogP contribution in [-0.2, 0) is 4.65 Å². The summed E-state index contributed by atoms with van der Waals surface area (Å²) in [7, 11) is 4.91. The number of aliphatic hydroxyl groups excluding tert-OH is 3. The Hall–Kier alpha value is -0.0951. The van der Waals surface area contributed by atoms with Gasteiger partial charge in [-0.15, -0.1) is 0 Å². The molecule has 0 bridgehead atoms. The van der Waals surface area contributed by atoms with Crippen molar-refractivity contribution in [2.45, 2.75) is 57.5 Å². The Kier molecular flexibility index (Phi) is 7.18.